The minimum absolute atomic E-state index is 0.0717. The van der Waals surface area contributed by atoms with Crippen LogP contribution >= 0.6 is 27.7 Å². The predicted octanol–water partition coefficient (Wildman–Crippen LogP) is 2.19. The molecule has 1 rings (SSSR count). The molecule has 0 saturated carbocycles. The Morgan fingerprint density at radius 3 is 2.56 bits per heavy atom. The standard InChI is InChI=1S/C11H15BrN2O2S2/c1-9(12)8-14-18(15,16)7-6-17-11-4-2-10(13)3-5-11/h2-5,14H,1,6-8,13H2. The summed E-state index contributed by atoms with van der Waals surface area (Å²) in [5, 5.41) is 0. The summed E-state index contributed by atoms with van der Waals surface area (Å²) in [6.45, 7) is 3.78. The number of rotatable bonds is 7. The highest BCUT2D eigenvalue weighted by molar-refractivity contribution is 9.11. The van der Waals surface area contributed by atoms with E-state index in [2.05, 4.69) is 27.2 Å². The molecule has 0 radical (unpaired) electrons. The molecule has 0 spiro atoms. The van der Waals surface area contributed by atoms with Crippen LogP contribution in [0.3, 0.4) is 0 Å². The summed E-state index contributed by atoms with van der Waals surface area (Å²) >= 11 is 4.58. The lowest BCUT2D eigenvalue weighted by molar-refractivity contribution is 0.587. The van der Waals surface area contributed by atoms with Gasteiger partial charge in [-0.3, -0.25) is 0 Å². The Balaban J connectivity index is 2.37. The molecule has 7 heteroatoms. The molecule has 1 aromatic carbocycles. The molecule has 0 aliphatic carbocycles. The molecule has 0 unspecified atom stereocenters. The molecule has 0 aromatic heterocycles. The monoisotopic (exact) mass is 350 g/mol. The molecule has 0 heterocycles. The van der Waals surface area contributed by atoms with E-state index in [1.54, 1.807) is 12.1 Å². The largest absolute Gasteiger partial charge is 0.399 e. The van der Waals surface area contributed by atoms with E-state index in [1.165, 1.54) is 11.8 Å². The Morgan fingerprint density at radius 2 is 2.00 bits per heavy atom. The molecule has 100 valence electrons. The van der Waals surface area contributed by atoms with Crippen molar-refractivity contribution in [3.63, 3.8) is 0 Å². The summed E-state index contributed by atoms with van der Waals surface area (Å²) in [6.07, 6.45) is 0. The maximum absolute atomic E-state index is 11.6. The summed E-state index contributed by atoms with van der Waals surface area (Å²) in [4.78, 5) is 1.00. The van der Waals surface area contributed by atoms with Crippen LogP contribution in [0.15, 0.2) is 40.2 Å². The Kier molecular flexibility index (Phi) is 6.20. The third-order valence-electron chi connectivity index (χ3n) is 1.98. The highest BCUT2D eigenvalue weighted by atomic mass is 79.9. The molecule has 0 amide bonds. The summed E-state index contributed by atoms with van der Waals surface area (Å²) in [5.41, 5.74) is 6.26. The number of hydrogen-bond acceptors (Lipinski definition) is 4. The highest BCUT2D eigenvalue weighted by Gasteiger charge is 2.09. The average Bonchev–Trinajstić information content (AvgIpc) is 2.29. The second-order valence-electron chi connectivity index (χ2n) is 3.57. The molecule has 0 fully saturated rings. The average molecular weight is 351 g/mol. The lowest BCUT2D eigenvalue weighted by Gasteiger charge is -2.06. The highest BCUT2D eigenvalue weighted by Crippen LogP contribution is 2.19. The van der Waals surface area contributed by atoms with Gasteiger partial charge in [-0.25, -0.2) is 13.1 Å². The lowest BCUT2D eigenvalue weighted by atomic mass is 10.3. The first kappa shape index (κ1) is 15.6. The van der Waals surface area contributed by atoms with E-state index in [0.29, 0.717) is 15.9 Å². The second kappa shape index (κ2) is 7.18. The van der Waals surface area contributed by atoms with Crippen molar-refractivity contribution in [1.82, 2.24) is 4.72 Å². The SMILES string of the molecule is C=C(Br)CNS(=O)(=O)CCSc1ccc(N)cc1. The molecule has 0 aliphatic rings. The molecule has 0 bridgehead atoms. The minimum Gasteiger partial charge on any atom is -0.399 e. The van der Waals surface area contributed by atoms with Gasteiger partial charge in [-0.2, -0.15) is 0 Å². The van der Waals surface area contributed by atoms with Gasteiger partial charge in [0.15, 0.2) is 0 Å². The number of halogens is 1. The normalized spacial score (nSPS) is 11.4. The molecule has 0 atom stereocenters. The zero-order valence-corrected chi connectivity index (χ0v) is 12.9. The molecular weight excluding hydrogens is 336 g/mol. The number of benzene rings is 1. The van der Waals surface area contributed by atoms with Crippen LogP contribution in [0.25, 0.3) is 0 Å². The van der Waals surface area contributed by atoms with Crippen LogP contribution in [0.5, 0.6) is 0 Å². The quantitative estimate of drug-likeness (QED) is 0.584. The first-order valence-corrected chi connectivity index (χ1v) is 8.61. The van der Waals surface area contributed by atoms with Gasteiger partial charge in [0, 0.05) is 27.4 Å². The fraction of sp³-hybridized carbons (Fsp3) is 0.273. The molecule has 3 N–H and O–H groups in total. The number of nitrogens with two attached hydrogens (primary N) is 1. The van der Waals surface area contributed by atoms with Crippen molar-refractivity contribution < 1.29 is 8.42 Å². The van der Waals surface area contributed by atoms with Crippen molar-refractivity contribution in [2.24, 2.45) is 0 Å². The van der Waals surface area contributed by atoms with Crippen LogP contribution in [0.1, 0.15) is 0 Å². The van der Waals surface area contributed by atoms with E-state index >= 15 is 0 Å². The first-order chi connectivity index (χ1) is 8.39. The van der Waals surface area contributed by atoms with Crippen LogP contribution in [0.4, 0.5) is 5.69 Å². The van der Waals surface area contributed by atoms with E-state index in [9.17, 15) is 8.42 Å². The molecule has 4 nitrogen and oxygen atoms in total. The fourth-order valence-electron chi connectivity index (χ4n) is 1.09. The Labute approximate surface area is 120 Å². The molecule has 1 aromatic rings. The summed E-state index contributed by atoms with van der Waals surface area (Å²) in [7, 11) is -3.24. The Bertz CT molecular complexity index is 500. The molecular formula is C11H15BrN2O2S2. The van der Waals surface area contributed by atoms with E-state index in [0.717, 1.165) is 4.90 Å². The van der Waals surface area contributed by atoms with Crippen LogP contribution in [0, 0.1) is 0 Å². The van der Waals surface area contributed by atoms with Crippen molar-refractivity contribution in [3.05, 3.63) is 35.3 Å². The first-order valence-electron chi connectivity index (χ1n) is 5.18. The number of thioether (sulfide) groups is 1. The van der Waals surface area contributed by atoms with Gasteiger partial charge in [0.2, 0.25) is 10.0 Å². The van der Waals surface area contributed by atoms with Gasteiger partial charge in [0.1, 0.15) is 0 Å². The number of nitrogen functional groups attached to an aromatic ring is 1. The summed E-state index contributed by atoms with van der Waals surface area (Å²) in [6, 6.07) is 7.34. The van der Waals surface area contributed by atoms with Gasteiger partial charge in [-0.05, 0) is 24.3 Å². The molecule has 18 heavy (non-hydrogen) atoms. The van der Waals surface area contributed by atoms with Gasteiger partial charge in [0.05, 0.1) is 5.75 Å². The number of anilines is 1. The van der Waals surface area contributed by atoms with Gasteiger partial charge >= 0.3 is 0 Å². The van der Waals surface area contributed by atoms with Gasteiger partial charge in [-0.1, -0.05) is 22.5 Å². The second-order valence-corrected chi connectivity index (χ2v) is 7.79. The van der Waals surface area contributed by atoms with Gasteiger partial charge < -0.3 is 5.73 Å². The van der Waals surface area contributed by atoms with E-state index < -0.39 is 10.0 Å². The smallest absolute Gasteiger partial charge is 0.212 e. The zero-order chi connectivity index (χ0) is 13.6. The van der Waals surface area contributed by atoms with Crippen LogP contribution in [-0.4, -0.2) is 26.5 Å². The number of sulfonamides is 1. The predicted molar refractivity (Wildman–Crippen MR) is 81.4 cm³/mol. The van der Waals surface area contributed by atoms with E-state index in [4.69, 9.17) is 5.73 Å². The summed E-state index contributed by atoms with van der Waals surface area (Å²) in [5.74, 6) is 0.566. The van der Waals surface area contributed by atoms with E-state index in [-0.39, 0.29) is 12.3 Å². The number of nitrogens with one attached hydrogen (secondary N) is 1. The van der Waals surface area contributed by atoms with Crippen molar-refractivity contribution in [2.75, 3.05) is 23.8 Å². The third-order valence-corrected chi connectivity index (χ3v) is 4.86. The van der Waals surface area contributed by atoms with Crippen molar-refractivity contribution >= 4 is 43.4 Å². The fourth-order valence-corrected chi connectivity index (χ4v) is 3.73. The van der Waals surface area contributed by atoms with Gasteiger partial charge in [0.25, 0.3) is 0 Å². The van der Waals surface area contributed by atoms with Crippen molar-refractivity contribution in [1.29, 1.82) is 0 Å². The maximum Gasteiger partial charge on any atom is 0.212 e. The Hall–Kier alpha value is -0.500. The number of hydrogen-bond donors (Lipinski definition) is 2. The van der Waals surface area contributed by atoms with E-state index in [1.807, 2.05) is 12.1 Å². The van der Waals surface area contributed by atoms with Crippen molar-refractivity contribution in [2.45, 2.75) is 4.90 Å². The van der Waals surface area contributed by atoms with Gasteiger partial charge in [-0.15, -0.1) is 11.8 Å². The van der Waals surface area contributed by atoms with Crippen molar-refractivity contribution in [3.8, 4) is 0 Å². The molecule has 0 saturated heterocycles. The minimum atomic E-state index is -3.24. The Morgan fingerprint density at radius 1 is 1.39 bits per heavy atom. The zero-order valence-electron chi connectivity index (χ0n) is 9.73. The molecule has 0 aliphatic heterocycles. The summed E-state index contributed by atoms with van der Waals surface area (Å²) < 4.78 is 26.2. The topological polar surface area (TPSA) is 72.2 Å². The third kappa shape index (κ3) is 6.44. The van der Waals surface area contributed by atoms with Crippen LogP contribution in [0.2, 0.25) is 0 Å². The van der Waals surface area contributed by atoms with Crippen LogP contribution in [-0.2, 0) is 10.0 Å². The maximum atomic E-state index is 11.6. The van der Waals surface area contributed by atoms with Crippen LogP contribution < -0.4 is 10.5 Å². The lowest BCUT2D eigenvalue weighted by Crippen LogP contribution is -2.28.